The molecule has 1 atom stereocenters. The van der Waals surface area contributed by atoms with Gasteiger partial charge in [0.1, 0.15) is 0 Å². The van der Waals surface area contributed by atoms with Crippen LogP contribution in [0, 0.1) is 0 Å². The van der Waals surface area contributed by atoms with Crippen LogP contribution in [0.15, 0.2) is 18.2 Å². The predicted octanol–water partition coefficient (Wildman–Crippen LogP) is 1.10. The van der Waals surface area contributed by atoms with Gasteiger partial charge in [-0.3, -0.25) is 4.79 Å². The van der Waals surface area contributed by atoms with Crippen molar-refractivity contribution in [2.45, 2.75) is 18.9 Å². The van der Waals surface area contributed by atoms with Crippen molar-refractivity contribution in [1.82, 2.24) is 0 Å². The maximum absolute atomic E-state index is 10.6. The number of aliphatic carboxylic acids is 1. The molecule has 0 spiro atoms. The minimum absolute atomic E-state index is 0.153. The molecule has 2 rings (SSSR count). The van der Waals surface area contributed by atoms with Gasteiger partial charge in [-0.15, -0.1) is 0 Å². The molecular formula is C11H12O5. The first-order valence-electron chi connectivity index (χ1n) is 4.83. The minimum atomic E-state index is -1.41. The van der Waals surface area contributed by atoms with E-state index >= 15 is 0 Å². The van der Waals surface area contributed by atoms with Crippen molar-refractivity contribution < 1.29 is 24.5 Å². The lowest BCUT2D eigenvalue weighted by Crippen LogP contribution is -2.24. The zero-order chi connectivity index (χ0) is 11.8. The van der Waals surface area contributed by atoms with Crippen LogP contribution in [0.1, 0.15) is 18.9 Å². The van der Waals surface area contributed by atoms with Crippen LogP contribution in [-0.2, 0) is 10.4 Å². The van der Waals surface area contributed by atoms with E-state index in [1.54, 1.807) is 18.2 Å². The van der Waals surface area contributed by atoms with Crippen LogP contribution in [-0.4, -0.2) is 23.0 Å². The molecule has 0 fully saturated rings. The zero-order valence-electron chi connectivity index (χ0n) is 8.77. The molecule has 0 saturated carbocycles. The van der Waals surface area contributed by atoms with Gasteiger partial charge in [-0.1, -0.05) is 6.07 Å². The predicted molar refractivity (Wildman–Crippen MR) is 54.4 cm³/mol. The Labute approximate surface area is 92.2 Å². The number of carboxylic acids is 1. The molecule has 86 valence electrons. The molecule has 1 heterocycles. The van der Waals surface area contributed by atoms with E-state index in [9.17, 15) is 9.90 Å². The monoisotopic (exact) mass is 224 g/mol. The molecular weight excluding hydrogens is 212 g/mol. The topological polar surface area (TPSA) is 76.0 Å². The highest BCUT2D eigenvalue weighted by atomic mass is 16.7. The first-order chi connectivity index (χ1) is 7.49. The standard InChI is InChI=1S/C11H12O5/c1-11(14,5-10(12)13)7-2-3-8-9(4-7)16-6-15-8/h2-4,14H,5-6H2,1H3,(H,12,13). The molecule has 1 aliphatic heterocycles. The molecule has 1 unspecified atom stereocenters. The van der Waals surface area contributed by atoms with Crippen LogP contribution in [0.4, 0.5) is 0 Å². The van der Waals surface area contributed by atoms with Crippen molar-refractivity contribution in [3.8, 4) is 11.5 Å². The van der Waals surface area contributed by atoms with Gasteiger partial charge < -0.3 is 19.7 Å². The van der Waals surface area contributed by atoms with Crippen molar-refractivity contribution in [3.05, 3.63) is 23.8 Å². The highest BCUT2D eigenvalue weighted by molar-refractivity contribution is 5.68. The Morgan fingerprint density at radius 3 is 2.81 bits per heavy atom. The minimum Gasteiger partial charge on any atom is -0.481 e. The fraction of sp³-hybridized carbons (Fsp3) is 0.364. The maximum atomic E-state index is 10.6. The van der Waals surface area contributed by atoms with E-state index in [1.807, 2.05) is 0 Å². The van der Waals surface area contributed by atoms with Crippen LogP contribution in [0.5, 0.6) is 11.5 Å². The third-order valence-corrected chi connectivity index (χ3v) is 2.49. The summed E-state index contributed by atoms with van der Waals surface area (Å²) in [6, 6.07) is 4.90. The van der Waals surface area contributed by atoms with Gasteiger partial charge in [-0.2, -0.15) is 0 Å². The summed E-state index contributed by atoms with van der Waals surface area (Å²) in [6.45, 7) is 1.61. The molecule has 0 amide bonds. The van der Waals surface area contributed by atoms with E-state index in [2.05, 4.69) is 0 Å². The maximum Gasteiger partial charge on any atom is 0.306 e. The lowest BCUT2D eigenvalue weighted by Gasteiger charge is -2.21. The largest absolute Gasteiger partial charge is 0.481 e. The molecule has 0 radical (unpaired) electrons. The Morgan fingerprint density at radius 2 is 2.12 bits per heavy atom. The summed E-state index contributed by atoms with van der Waals surface area (Å²) in [5, 5.41) is 18.7. The Kier molecular flexibility index (Phi) is 2.47. The number of rotatable bonds is 3. The fourth-order valence-corrected chi connectivity index (χ4v) is 1.63. The van der Waals surface area contributed by atoms with Gasteiger partial charge in [0.05, 0.1) is 12.0 Å². The van der Waals surface area contributed by atoms with Crippen molar-refractivity contribution in [2.75, 3.05) is 6.79 Å². The van der Waals surface area contributed by atoms with Crippen molar-refractivity contribution in [2.24, 2.45) is 0 Å². The van der Waals surface area contributed by atoms with Crippen LogP contribution in [0.3, 0.4) is 0 Å². The number of ether oxygens (including phenoxy) is 2. The number of benzene rings is 1. The van der Waals surface area contributed by atoms with E-state index in [-0.39, 0.29) is 13.2 Å². The van der Waals surface area contributed by atoms with Crippen LogP contribution in [0.25, 0.3) is 0 Å². The van der Waals surface area contributed by atoms with Gasteiger partial charge in [-0.25, -0.2) is 0 Å². The molecule has 0 aliphatic carbocycles. The first kappa shape index (κ1) is 10.8. The Bertz CT molecular complexity index is 424. The molecule has 5 heteroatoms. The molecule has 0 aromatic heterocycles. The number of fused-ring (bicyclic) bond motifs is 1. The smallest absolute Gasteiger partial charge is 0.306 e. The van der Waals surface area contributed by atoms with E-state index in [0.29, 0.717) is 17.1 Å². The van der Waals surface area contributed by atoms with Gasteiger partial charge in [0.15, 0.2) is 11.5 Å². The van der Waals surface area contributed by atoms with Gasteiger partial charge in [0.2, 0.25) is 6.79 Å². The Hall–Kier alpha value is -1.75. The van der Waals surface area contributed by atoms with Crippen molar-refractivity contribution in [1.29, 1.82) is 0 Å². The molecule has 16 heavy (non-hydrogen) atoms. The summed E-state index contributed by atoms with van der Waals surface area (Å²) in [6.07, 6.45) is -0.355. The second kappa shape index (κ2) is 3.68. The fourth-order valence-electron chi connectivity index (χ4n) is 1.63. The Balaban J connectivity index is 2.30. The molecule has 1 aromatic carbocycles. The lowest BCUT2D eigenvalue weighted by molar-refractivity contribution is -0.142. The van der Waals surface area contributed by atoms with Gasteiger partial charge in [0, 0.05) is 0 Å². The number of hydrogen-bond acceptors (Lipinski definition) is 4. The number of carbonyl (C=O) groups is 1. The quantitative estimate of drug-likeness (QED) is 0.803. The third-order valence-electron chi connectivity index (χ3n) is 2.49. The normalized spacial score (nSPS) is 16.9. The number of carboxylic acid groups (broad SMARTS) is 1. The van der Waals surface area contributed by atoms with Crippen LogP contribution in [0.2, 0.25) is 0 Å². The van der Waals surface area contributed by atoms with Crippen LogP contribution < -0.4 is 9.47 Å². The van der Waals surface area contributed by atoms with E-state index in [1.165, 1.54) is 6.92 Å². The molecule has 0 bridgehead atoms. The van der Waals surface area contributed by atoms with Gasteiger partial charge in [-0.05, 0) is 24.6 Å². The first-order valence-corrected chi connectivity index (χ1v) is 4.83. The summed E-state index contributed by atoms with van der Waals surface area (Å²) in [5.41, 5.74) is -0.911. The molecule has 5 nitrogen and oxygen atoms in total. The summed E-state index contributed by atoms with van der Waals surface area (Å²) >= 11 is 0. The van der Waals surface area contributed by atoms with Crippen molar-refractivity contribution in [3.63, 3.8) is 0 Å². The average molecular weight is 224 g/mol. The molecule has 1 aromatic rings. The van der Waals surface area contributed by atoms with Crippen LogP contribution >= 0.6 is 0 Å². The highest BCUT2D eigenvalue weighted by Gasteiger charge is 2.28. The summed E-state index contributed by atoms with van der Waals surface area (Å²) < 4.78 is 10.3. The third kappa shape index (κ3) is 1.94. The number of hydrogen-bond donors (Lipinski definition) is 2. The highest BCUT2D eigenvalue weighted by Crippen LogP contribution is 2.36. The Morgan fingerprint density at radius 1 is 1.44 bits per heavy atom. The molecule has 2 N–H and O–H groups in total. The second-order valence-corrected chi connectivity index (χ2v) is 3.91. The van der Waals surface area contributed by atoms with Crippen molar-refractivity contribution >= 4 is 5.97 Å². The second-order valence-electron chi connectivity index (χ2n) is 3.91. The molecule has 0 saturated heterocycles. The van der Waals surface area contributed by atoms with E-state index < -0.39 is 11.6 Å². The zero-order valence-corrected chi connectivity index (χ0v) is 8.77. The van der Waals surface area contributed by atoms with Gasteiger partial charge >= 0.3 is 5.97 Å². The van der Waals surface area contributed by atoms with E-state index in [0.717, 1.165) is 0 Å². The molecule has 1 aliphatic rings. The van der Waals surface area contributed by atoms with E-state index in [4.69, 9.17) is 14.6 Å². The summed E-state index contributed by atoms with van der Waals surface area (Å²) in [7, 11) is 0. The van der Waals surface area contributed by atoms with Gasteiger partial charge in [0.25, 0.3) is 0 Å². The average Bonchev–Trinajstić information content (AvgIpc) is 2.61. The summed E-state index contributed by atoms with van der Waals surface area (Å²) in [4.78, 5) is 10.6. The summed E-state index contributed by atoms with van der Waals surface area (Å²) in [5.74, 6) is 0.0840. The number of aliphatic hydroxyl groups is 1. The lowest BCUT2D eigenvalue weighted by atomic mass is 9.92. The SMILES string of the molecule is CC(O)(CC(=O)O)c1ccc2c(c1)OCO2.